The number of aromatic nitrogens is 1. The number of ketones is 1. The van der Waals surface area contributed by atoms with Crippen LogP contribution in [0, 0.1) is 11.8 Å². The van der Waals surface area contributed by atoms with Gasteiger partial charge in [0.25, 0.3) is 5.91 Å². The van der Waals surface area contributed by atoms with Crippen LogP contribution in [0.2, 0.25) is 5.02 Å². The second-order valence-electron chi connectivity index (χ2n) is 6.84. The van der Waals surface area contributed by atoms with Crippen molar-refractivity contribution < 1.29 is 14.3 Å². The molecule has 152 valence electrons. The van der Waals surface area contributed by atoms with E-state index in [1.165, 1.54) is 0 Å². The van der Waals surface area contributed by atoms with Crippen molar-refractivity contribution in [1.29, 1.82) is 0 Å². The van der Waals surface area contributed by atoms with Gasteiger partial charge in [-0.25, -0.2) is 4.98 Å². The summed E-state index contributed by atoms with van der Waals surface area (Å²) in [5.74, 6) is 5.94. The van der Waals surface area contributed by atoms with Crippen molar-refractivity contribution in [2.45, 2.75) is 6.42 Å². The zero-order valence-electron chi connectivity index (χ0n) is 16.6. The van der Waals surface area contributed by atoms with Gasteiger partial charge in [-0.2, -0.15) is 0 Å². The maximum Gasteiger partial charge on any atom is 0.259 e. The second kappa shape index (κ2) is 8.86. The average molecular weight is 429 g/mol. The number of halogens is 1. The lowest BCUT2D eigenvalue weighted by molar-refractivity contribution is -0.112. The second-order valence-corrected chi connectivity index (χ2v) is 7.27. The van der Waals surface area contributed by atoms with Crippen molar-refractivity contribution >= 4 is 35.1 Å². The molecule has 0 saturated heterocycles. The molecule has 1 aliphatic heterocycles. The molecule has 0 unspecified atom stereocenters. The van der Waals surface area contributed by atoms with Crippen LogP contribution in [-0.4, -0.2) is 23.8 Å². The molecule has 1 aliphatic rings. The average Bonchev–Trinajstić information content (AvgIpc) is 2.78. The van der Waals surface area contributed by atoms with Gasteiger partial charge in [-0.15, -0.1) is 0 Å². The Labute approximate surface area is 184 Å². The summed E-state index contributed by atoms with van der Waals surface area (Å²) in [4.78, 5) is 29.5. The molecule has 31 heavy (non-hydrogen) atoms. The summed E-state index contributed by atoms with van der Waals surface area (Å²) in [6, 6.07) is 15.8. The van der Waals surface area contributed by atoms with E-state index in [1.807, 2.05) is 12.1 Å². The van der Waals surface area contributed by atoms with E-state index in [0.29, 0.717) is 34.1 Å². The Morgan fingerprint density at radius 1 is 1.10 bits per heavy atom. The minimum absolute atomic E-state index is 0.0730. The molecule has 3 aromatic rings. The normalized spacial score (nSPS) is 13.8. The van der Waals surface area contributed by atoms with Crippen LogP contribution in [0.1, 0.15) is 27.0 Å². The summed E-state index contributed by atoms with van der Waals surface area (Å²) in [7, 11) is 1.57. The number of carbonyl (C=O) groups excluding carboxylic acids is 2. The lowest BCUT2D eigenvalue weighted by atomic mass is 9.94. The molecule has 1 N–H and O–H groups in total. The highest BCUT2D eigenvalue weighted by Crippen LogP contribution is 2.27. The molecule has 1 amide bonds. The fourth-order valence-electron chi connectivity index (χ4n) is 3.13. The van der Waals surface area contributed by atoms with Crippen molar-refractivity contribution in [2.75, 3.05) is 12.4 Å². The van der Waals surface area contributed by atoms with Crippen LogP contribution in [-0.2, 0) is 11.2 Å². The fraction of sp³-hybridized carbons (Fsp3) is 0.0800. The molecule has 2 aromatic carbocycles. The topological polar surface area (TPSA) is 68.3 Å². The first-order chi connectivity index (χ1) is 15.0. The number of Topliss-reactive ketones (excluding diaryl/α,β-unsaturated/α-hetero) is 1. The molecular formula is C25H17ClN2O3. The Hall–Kier alpha value is -3.88. The number of hydrogen-bond acceptors (Lipinski definition) is 4. The maximum absolute atomic E-state index is 13.0. The number of methoxy groups -OCH3 is 1. The van der Waals surface area contributed by atoms with Gasteiger partial charge in [-0.3, -0.25) is 9.59 Å². The monoisotopic (exact) mass is 428 g/mol. The molecule has 0 saturated carbocycles. The fourth-order valence-corrected chi connectivity index (χ4v) is 3.26. The molecule has 4 rings (SSSR count). The largest absolute Gasteiger partial charge is 0.481 e. The van der Waals surface area contributed by atoms with Crippen LogP contribution >= 0.6 is 11.6 Å². The molecule has 5 nitrogen and oxygen atoms in total. The van der Waals surface area contributed by atoms with Crippen molar-refractivity contribution in [2.24, 2.45) is 0 Å². The summed E-state index contributed by atoms with van der Waals surface area (Å²) >= 11 is 5.90. The van der Waals surface area contributed by atoms with Crippen LogP contribution in [0.5, 0.6) is 5.88 Å². The van der Waals surface area contributed by atoms with Gasteiger partial charge in [-0.05, 0) is 53.6 Å². The number of benzene rings is 2. The van der Waals surface area contributed by atoms with E-state index in [0.717, 1.165) is 11.1 Å². The lowest BCUT2D eigenvalue weighted by Gasteiger charge is -2.18. The highest BCUT2D eigenvalue weighted by atomic mass is 35.5. The Kier molecular flexibility index (Phi) is 5.83. The predicted molar refractivity (Wildman–Crippen MR) is 120 cm³/mol. The third kappa shape index (κ3) is 4.66. The van der Waals surface area contributed by atoms with E-state index < -0.39 is 5.91 Å². The van der Waals surface area contributed by atoms with Gasteiger partial charge in [0.1, 0.15) is 0 Å². The molecular weight excluding hydrogens is 412 g/mol. The number of hydrogen-bond donors (Lipinski definition) is 1. The predicted octanol–water partition coefficient (Wildman–Crippen LogP) is 4.56. The van der Waals surface area contributed by atoms with Crippen LogP contribution in [0.15, 0.2) is 66.4 Å². The van der Waals surface area contributed by atoms with E-state index >= 15 is 0 Å². The number of nitrogens with zero attached hydrogens (tertiary/aromatic N) is 1. The Morgan fingerprint density at radius 3 is 2.68 bits per heavy atom. The summed E-state index contributed by atoms with van der Waals surface area (Å²) in [5, 5.41) is 3.35. The third-order valence-electron chi connectivity index (χ3n) is 4.72. The molecule has 0 radical (unpaired) electrons. The molecule has 0 aliphatic carbocycles. The number of carbonyl (C=O) groups is 2. The lowest BCUT2D eigenvalue weighted by Crippen LogP contribution is -2.27. The molecule has 6 heteroatoms. The summed E-state index contributed by atoms with van der Waals surface area (Å²) in [6.07, 6.45) is 3.75. The van der Waals surface area contributed by atoms with Gasteiger partial charge in [0.05, 0.1) is 18.4 Å². The molecule has 0 atom stereocenters. The highest BCUT2D eigenvalue weighted by Gasteiger charge is 2.28. The van der Waals surface area contributed by atoms with Crippen LogP contribution in [0.4, 0.5) is 5.69 Å². The molecule has 1 aromatic heterocycles. The van der Waals surface area contributed by atoms with Gasteiger partial charge in [0.15, 0.2) is 0 Å². The Balaban J connectivity index is 1.58. The smallest absolute Gasteiger partial charge is 0.259 e. The first kappa shape index (κ1) is 20.4. The van der Waals surface area contributed by atoms with Crippen molar-refractivity contribution in [1.82, 2.24) is 4.98 Å². The summed E-state index contributed by atoms with van der Waals surface area (Å²) in [6.45, 7) is 0. The minimum Gasteiger partial charge on any atom is -0.481 e. The zero-order valence-corrected chi connectivity index (χ0v) is 17.4. The van der Waals surface area contributed by atoms with Gasteiger partial charge in [-0.1, -0.05) is 35.6 Å². The standard InChI is InChI=1S/C25H17ClN2O3/c1-31-23-15-17(11-12-27-23)4-2-3-16-7-10-22-20(13-16)24(29)21(25(30)28-22)14-18-5-8-19(26)9-6-18/h5-15H,4H2,1H3,(H,28,30). The molecule has 0 spiro atoms. The number of pyridine rings is 1. The van der Waals surface area contributed by atoms with E-state index in [-0.39, 0.29) is 11.4 Å². The number of rotatable bonds is 3. The van der Waals surface area contributed by atoms with E-state index in [2.05, 4.69) is 22.1 Å². The minimum atomic E-state index is -0.432. The number of fused-ring (bicyclic) bond motifs is 1. The first-order valence-electron chi connectivity index (χ1n) is 9.48. The van der Waals surface area contributed by atoms with Crippen molar-refractivity contribution in [3.8, 4) is 17.7 Å². The van der Waals surface area contributed by atoms with Gasteiger partial charge < -0.3 is 10.1 Å². The Bertz CT molecular complexity index is 1270. The number of nitrogens with one attached hydrogen (secondary N) is 1. The van der Waals surface area contributed by atoms with Gasteiger partial charge in [0, 0.05) is 34.8 Å². The molecule has 0 fully saturated rings. The van der Waals surface area contributed by atoms with E-state index in [9.17, 15) is 9.59 Å². The molecule has 0 bridgehead atoms. The zero-order chi connectivity index (χ0) is 21.8. The van der Waals surface area contributed by atoms with Crippen LogP contribution < -0.4 is 10.1 Å². The quantitative estimate of drug-likeness (QED) is 0.377. The first-order valence-corrected chi connectivity index (χ1v) is 9.86. The van der Waals surface area contributed by atoms with E-state index in [4.69, 9.17) is 16.3 Å². The third-order valence-corrected chi connectivity index (χ3v) is 4.97. The van der Waals surface area contributed by atoms with E-state index in [1.54, 1.807) is 61.8 Å². The summed E-state index contributed by atoms with van der Waals surface area (Å²) < 4.78 is 5.12. The van der Waals surface area contributed by atoms with Crippen molar-refractivity contribution in [3.05, 3.63) is 93.6 Å². The number of anilines is 1. The Morgan fingerprint density at radius 2 is 1.90 bits per heavy atom. The highest BCUT2D eigenvalue weighted by molar-refractivity contribution is 6.36. The van der Waals surface area contributed by atoms with Gasteiger partial charge in [0.2, 0.25) is 11.7 Å². The molecule has 2 heterocycles. The summed E-state index contributed by atoms with van der Waals surface area (Å²) in [5.41, 5.74) is 3.35. The van der Waals surface area contributed by atoms with Gasteiger partial charge >= 0.3 is 0 Å². The number of ether oxygens (including phenoxy) is 1. The maximum atomic E-state index is 13.0. The van der Waals surface area contributed by atoms with Crippen LogP contribution in [0.25, 0.3) is 6.08 Å². The van der Waals surface area contributed by atoms with Crippen LogP contribution in [0.3, 0.4) is 0 Å². The van der Waals surface area contributed by atoms with Crippen molar-refractivity contribution in [3.63, 3.8) is 0 Å². The SMILES string of the molecule is COc1cc(CC#Cc2ccc3c(c2)C(=O)C(=Cc2ccc(Cl)cc2)C(=O)N3)ccn1. The number of amides is 1.